The van der Waals surface area contributed by atoms with Gasteiger partial charge in [0.05, 0.1) is 16.7 Å². The molecule has 1 atom stereocenters. The second kappa shape index (κ2) is 6.63. The summed E-state index contributed by atoms with van der Waals surface area (Å²) in [5.74, 6) is -0.853. The zero-order chi connectivity index (χ0) is 19.1. The lowest BCUT2D eigenvalue weighted by molar-refractivity contribution is -0.116. The summed E-state index contributed by atoms with van der Waals surface area (Å²) in [6, 6.07) is 8.72. The van der Waals surface area contributed by atoms with E-state index in [0.717, 1.165) is 34.6 Å². The third-order valence-electron chi connectivity index (χ3n) is 5.06. The first kappa shape index (κ1) is 17.4. The van der Waals surface area contributed by atoms with Gasteiger partial charge in [0.2, 0.25) is 5.91 Å². The van der Waals surface area contributed by atoms with Gasteiger partial charge in [0.15, 0.2) is 0 Å². The van der Waals surface area contributed by atoms with Crippen LogP contribution in [-0.2, 0) is 17.6 Å². The first-order valence-electron chi connectivity index (χ1n) is 8.79. The number of nitriles is 1. The summed E-state index contributed by atoms with van der Waals surface area (Å²) in [5, 5.41) is 12.8. The summed E-state index contributed by atoms with van der Waals surface area (Å²) in [6.45, 7) is 1.81. The van der Waals surface area contributed by atoms with Gasteiger partial charge >= 0.3 is 0 Å². The van der Waals surface area contributed by atoms with Crippen LogP contribution in [0.1, 0.15) is 50.1 Å². The lowest BCUT2D eigenvalue weighted by atomic mass is 9.89. The minimum atomic E-state index is -0.479. The van der Waals surface area contributed by atoms with Crippen LogP contribution in [0, 0.1) is 17.2 Å². The van der Waals surface area contributed by atoms with Gasteiger partial charge in [0.1, 0.15) is 17.6 Å². The van der Waals surface area contributed by atoms with E-state index in [-0.39, 0.29) is 6.54 Å². The van der Waals surface area contributed by atoms with E-state index in [2.05, 4.69) is 18.3 Å². The monoisotopic (exact) mass is 379 g/mol. The van der Waals surface area contributed by atoms with Gasteiger partial charge in [-0.2, -0.15) is 5.26 Å². The summed E-state index contributed by atoms with van der Waals surface area (Å²) >= 11 is 1.42. The van der Waals surface area contributed by atoms with Crippen molar-refractivity contribution in [1.82, 2.24) is 4.90 Å². The van der Waals surface area contributed by atoms with Crippen LogP contribution in [0.4, 0.5) is 5.00 Å². The van der Waals surface area contributed by atoms with Crippen molar-refractivity contribution in [2.75, 3.05) is 11.9 Å². The Morgan fingerprint density at radius 3 is 2.59 bits per heavy atom. The Bertz CT molecular complexity index is 983. The number of fused-ring (bicyclic) bond motifs is 2. The van der Waals surface area contributed by atoms with E-state index in [1.165, 1.54) is 11.3 Å². The number of imide groups is 1. The molecular weight excluding hydrogens is 362 g/mol. The molecule has 1 aromatic heterocycles. The number of thiophene rings is 1. The first-order chi connectivity index (χ1) is 13.0. The maximum atomic E-state index is 12.5. The molecule has 0 unspecified atom stereocenters. The highest BCUT2D eigenvalue weighted by atomic mass is 32.1. The normalized spacial score (nSPS) is 18.1. The number of amides is 3. The van der Waals surface area contributed by atoms with Gasteiger partial charge in [-0.1, -0.05) is 19.1 Å². The second-order valence-corrected chi connectivity index (χ2v) is 8.06. The molecular formula is C20H17N3O3S. The number of hydrogen-bond donors (Lipinski definition) is 1. The Balaban J connectivity index is 1.52. The highest BCUT2D eigenvalue weighted by Crippen LogP contribution is 2.39. The number of benzene rings is 1. The number of anilines is 1. The van der Waals surface area contributed by atoms with E-state index in [1.807, 2.05) is 0 Å². The van der Waals surface area contributed by atoms with Gasteiger partial charge in [0, 0.05) is 4.88 Å². The molecule has 2 aromatic rings. The van der Waals surface area contributed by atoms with Gasteiger partial charge in [0.25, 0.3) is 11.8 Å². The molecule has 1 aliphatic carbocycles. The standard InChI is InChI=1S/C20H17N3O3S/c1-11-6-7-12-15(9-21)18(27-16(12)8-11)22-17(24)10-23-19(25)13-4-2-3-5-14(13)20(23)26/h2-5,11H,6-8,10H2,1H3,(H,22,24)/t11-/m1/s1. The molecule has 1 aliphatic heterocycles. The van der Waals surface area contributed by atoms with E-state index in [4.69, 9.17) is 0 Å². The van der Waals surface area contributed by atoms with Crippen molar-refractivity contribution < 1.29 is 14.4 Å². The highest BCUT2D eigenvalue weighted by molar-refractivity contribution is 7.16. The fourth-order valence-corrected chi connectivity index (χ4v) is 5.03. The second-order valence-electron chi connectivity index (χ2n) is 6.96. The Labute approximate surface area is 160 Å². The van der Waals surface area contributed by atoms with Gasteiger partial charge in [-0.15, -0.1) is 11.3 Å². The minimum absolute atomic E-state index is 0.314. The molecule has 4 rings (SSSR count). The number of nitrogens with zero attached hydrogens (tertiary/aromatic N) is 2. The van der Waals surface area contributed by atoms with Crippen LogP contribution in [0.3, 0.4) is 0 Å². The molecule has 1 N–H and O–H groups in total. The van der Waals surface area contributed by atoms with Crippen molar-refractivity contribution in [3.05, 3.63) is 51.4 Å². The number of rotatable bonds is 3. The number of nitrogens with one attached hydrogen (secondary N) is 1. The number of hydrogen-bond acceptors (Lipinski definition) is 5. The van der Waals surface area contributed by atoms with Gasteiger partial charge in [-0.05, 0) is 42.9 Å². The Morgan fingerprint density at radius 1 is 1.30 bits per heavy atom. The zero-order valence-electron chi connectivity index (χ0n) is 14.7. The zero-order valence-corrected chi connectivity index (χ0v) is 15.6. The maximum absolute atomic E-state index is 12.5. The summed E-state index contributed by atoms with van der Waals surface area (Å²) in [5.41, 5.74) is 2.16. The van der Waals surface area contributed by atoms with Crippen LogP contribution in [0.25, 0.3) is 0 Å². The molecule has 1 aromatic carbocycles. The molecule has 0 saturated carbocycles. The van der Waals surface area contributed by atoms with Crippen LogP contribution in [0.15, 0.2) is 24.3 Å². The number of carbonyl (C=O) groups excluding carboxylic acids is 3. The van der Waals surface area contributed by atoms with Crippen LogP contribution < -0.4 is 5.32 Å². The molecule has 6 nitrogen and oxygen atoms in total. The SMILES string of the molecule is C[C@@H]1CCc2c(sc(NC(=O)CN3C(=O)c4ccccc4C3=O)c2C#N)C1. The quantitative estimate of drug-likeness (QED) is 0.830. The Morgan fingerprint density at radius 2 is 1.96 bits per heavy atom. The van der Waals surface area contributed by atoms with E-state index in [0.29, 0.717) is 27.6 Å². The van der Waals surface area contributed by atoms with Gasteiger partial charge in [-0.25, -0.2) is 0 Å². The molecule has 7 heteroatoms. The van der Waals surface area contributed by atoms with Gasteiger partial charge < -0.3 is 5.32 Å². The highest BCUT2D eigenvalue weighted by Gasteiger charge is 2.36. The fraction of sp³-hybridized carbons (Fsp3) is 0.300. The lowest BCUT2D eigenvalue weighted by Crippen LogP contribution is -2.37. The molecule has 0 spiro atoms. The van der Waals surface area contributed by atoms with Crippen LogP contribution in [-0.4, -0.2) is 29.2 Å². The van der Waals surface area contributed by atoms with Crippen molar-refractivity contribution in [2.45, 2.75) is 26.2 Å². The van der Waals surface area contributed by atoms with E-state index in [1.54, 1.807) is 24.3 Å². The topological polar surface area (TPSA) is 90.3 Å². The van der Waals surface area contributed by atoms with Crippen molar-refractivity contribution in [1.29, 1.82) is 5.26 Å². The van der Waals surface area contributed by atoms with Crippen molar-refractivity contribution in [2.24, 2.45) is 5.92 Å². The lowest BCUT2D eigenvalue weighted by Gasteiger charge is -2.17. The van der Waals surface area contributed by atoms with Crippen molar-refractivity contribution in [3.63, 3.8) is 0 Å². The molecule has 0 fully saturated rings. The third kappa shape index (κ3) is 2.92. The average Bonchev–Trinajstić information content (AvgIpc) is 3.11. The van der Waals surface area contributed by atoms with E-state index < -0.39 is 17.7 Å². The summed E-state index contributed by atoms with van der Waals surface area (Å²) < 4.78 is 0. The molecule has 0 radical (unpaired) electrons. The summed E-state index contributed by atoms with van der Waals surface area (Å²) in [7, 11) is 0. The van der Waals surface area contributed by atoms with E-state index >= 15 is 0 Å². The Kier molecular flexibility index (Phi) is 4.28. The molecule has 2 heterocycles. The number of carbonyl (C=O) groups is 3. The van der Waals surface area contributed by atoms with E-state index in [9.17, 15) is 19.6 Å². The average molecular weight is 379 g/mol. The van der Waals surface area contributed by atoms with Gasteiger partial charge in [-0.3, -0.25) is 19.3 Å². The minimum Gasteiger partial charge on any atom is -0.315 e. The maximum Gasteiger partial charge on any atom is 0.262 e. The molecule has 2 aliphatic rings. The predicted octanol–water partition coefficient (Wildman–Crippen LogP) is 2.98. The third-order valence-corrected chi connectivity index (χ3v) is 6.23. The molecule has 27 heavy (non-hydrogen) atoms. The van der Waals surface area contributed by atoms with Crippen molar-refractivity contribution in [3.8, 4) is 6.07 Å². The summed E-state index contributed by atoms with van der Waals surface area (Å²) in [4.78, 5) is 39.4. The molecule has 0 saturated heterocycles. The first-order valence-corrected chi connectivity index (χ1v) is 9.61. The Hall–Kier alpha value is -2.98. The summed E-state index contributed by atoms with van der Waals surface area (Å²) in [6.07, 6.45) is 2.77. The molecule has 0 bridgehead atoms. The van der Waals surface area contributed by atoms with Crippen LogP contribution in [0.5, 0.6) is 0 Å². The molecule has 3 amide bonds. The molecule has 136 valence electrons. The predicted molar refractivity (Wildman–Crippen MR) is 101 cm³/mol. The van der Waals surface area contributed by atoms with Crippen molar-refractivity contribution >= 4 is 34.1 Å². The van der Waals surface area contributed by atoms with Crippen LogP contribution >= 0.6 is 11.3 Å². The smallest absolute Gasteiger partial charge is 0.262 e. The largest absolute Gasteiger partial charge is 0.315 e. The van der Waals surface area contributed by atoms with Crippen LogP contribution in [0.2, 0.25) is 0 Å². The fourth-order valence-electron chi connectivity index (χ4n) is 3.65.